The Bertz CT molecular complexity index is 725. The first-order valence-corrected chi connectivity index (χ1v) is 10.5. The average molecular weight is 405 g/mol. The Morgan fingerprint density at radius 1 is 1.17 bits per heavy atom. The fourth-order valence-corrected chi connectivity index (χ4v) is 5.13. The Morgan fingerprint density at radius 2 is 1.83 bits per heavy atom. The summed E-state index contributed by atoms with van der Waals surface area (Å²) in [7, 11) is 1.66. The number of fused-ring (bicyclic) bond motifs is 4. The molecule has 4 rings (SSSR count). The van der Waals surface area contributed by atoms with Crippen molar-refractivity contribution in [1.82, 2.24) is 4.90 Å². The van der Waals surface area contributed by atoms with Gasteiger partial charge in [0.25, 0.3) is 0 Å². The fourth-order valence-electron chi connectivity index (χ4n) is 5.13. The first-order chi connectivity index (χ1) is 13.5. The van der Waals surface area contributed by atoms with Gasteiger partial charge < -0.3 is 24.4 Å². The van der Waals surface area contributed by atoms with E-state index < -0.39 is 6.09 Å². The van der Waals surface area contributed by atoms with E-state index >= 15 is 0 Å². The lowest BCUT2D eigenvalue weighted by Gasteiger charge is -2.57. The minimum absolute atomic E-state index is 0.00334. The molecule has 0 unspecified atom stereocenters. The lowest BCUT2D eigenvalue weighted by molar-refractivity contribution is 0.00684. The molecule has 6 nitrogen and oxygen atoms in total. The number of hydrogen-bond donors (Lipinski definition) is 1. The van der Waals surface area contributed by atoms with E-state index in [1.54, 1.807) is 12.0 Å². The zero-order valence-electron chi connectivity index (χ0n) is 18.7. The van der Waals surface area contributed by atoms with Crippen LogP contribution in [0.4, 0.5) is 10.5 Å². The summed E-state index contributed by atoms with van der Waals surface area (Å²) in [5.41, 5.74) is 0.996. The summed E-state index contributed by atoms with van der Waals surface area (Å²) in [4.78, 5) is 16.1. The highest BCUT2D eigenvalue weighted by molar-refractivity contribution is 5.66. The van der Waals surface area contributed by atoms with E-state index in [0.29, 0.717) is 26.3 Å². The maximum absolute atomic E-state index is 12.0. The Morgan fingerprint density at radius 3 is 2.38 bits per heavy atom. The normalized spacial score (nSPS) is 26.3. The molecule has 1 amide bonds. The van der Waals surface area contributed by atoms with Gasteiger partial charge in [0.2, 0.25) is 0 Å². The van der Waals surface area contributed by atoms with Crippen LogP contribution in [0.25, 0.3) is 0 Å². The Balaban J connectivity index is 1.96. The monoisotopic (exact) mass is 404 g/mol. The molecular weight excluding hydrogens is 368 g/mol. The van der Waals surface area contributed by atoms with E-state index in [-0.39, 0.29) is 22.3 Å². The van der Waals surface area contributed by atoms with Crippen molar-refractivity contribution in [2.45, 2.75) is 47.1 Å². The highest BCUT2D eigenvalue weighted by atomic mass is 16.5. The molecule has 3 aliphatic heterocycles. The molecule has 0 saturated carbocycles. The summed E-state index contributed by atoms with van der Waals surface area (Å²) in [6.45, 7) is 14.4. The predicted molar refractivity (Wildman–Crippen MR) is 115 cm³/mol. The van der Waals surface area contributed by atoms with Crippen molar-refractivity contribution in [3.63, 3.8) is 0 Å². The van der Waals surface area contributed by atoms with Crippen LogP contribution in [0.2, 0.25) is 0 Å². The fraction of sp³-hybridized carbons (Fsp3) is 0.696. The van der Waals surface area contributed by atoms with Gasteiger partial charge in [0.05, 0.1) is 12.6 Å². The molecule has 0 spiro atoms. The van der Waals surface area contributed by atoms with Crippen molar-refractivity contribution in [2.24, 2.45) is 16.2 Å². The number of anilines is 1. The first-order valence-electron chi connectivity index (χ1n) is 10.5. The Hall–Kier alpha value is -1.95. The van der Waals surface area contributed by atoms with Gasteiger partial charge >= 0.3 is 6.09 Å². The van der Waals surface area contributed by atoms with Crippen LogP contribution >= 0.6 is 0 Å². The second kappa shape index (κ2) is 7.71. The zero-order chi connectivity index (χ0) is 21.4. The molecule has 29 heavy (non-hydrogen) atoms. The van der Waals surface area contributed by atoms with Crippen molar-refractivity contribution in [3.8, 4) is 5.75 Å². The number of benzene rings is 1. The minimum atomic E-state index is -0.815. The van der Waals surface area contributed by atoms with Gasteiger partial charge in [0.15, 0.2) is 0 Å². The van der Waals surface area contributed by atoms with Gasteiger partial charge in [-0.2, -0.15) is 0 Å². The Kier molecular flexibility index (Phi) is 5.78. The third kappa shape index (κ3) is 4.18. The topological polar surface area (TPSA) is 62.2 Å². The summed E-state index contributed by atoms with van der Waals surface area (Å²) in [5.74, 6) is 0.822. The predicted octanol–water partition coefficient (Wildman–Crippen LogP) is 4.34. The van der Waals surface area contributed by atoms with E-state index in [2.05, 4.69) is 51.7 Å². The van der Waals surface area contributed by atoms with Gasteiger partial charge in [-0.3, -0.25) is 0 Å². The van der Waals surface area contributed by atoms with Crippen LogP contribution in [0.5, 0.6) is 5.75 Å². The highest BCUT2D eigenvalue weighted by Gasteiger charge is 2.58. The molecule has 1 aromatic rings. The number of piperidine rings is 1. The first kappa shape index (κ1) is 21.8. The zero-order valence-corrected chi connectivity index (χ0v) is 18.7. The molecule has 0 aliphatic carbocycles. The number of amides is 1. The van der Waals surface area contributed by atoms with Gasteiger partial charge in [-0.15, -0.1) is 0 Å². The maximum atomic E-state index is 12.0. The number of methoxy groups -OCH3 is 1. The molecule has 0 radical (unpaired) electrons. The van der Waals surface area contributed by atoms with Crippen LogP contribution in [0.3, 0.4) is 0 Å². The molecule has 1 N–H and O–H groups in total. The molecular formula is C23H36N2O4. The molecule has 1 aromatic carbocycles. The Labute approximate surface area is 174 Å². The lowest BCUT2D eigenvalue weighted by Crippen LogP contribution is -2.60. The van der Waals surface area contributed by atoms with Gasteiger partial charge in [-0.25, -0.2) is 4.79 Å². The van der Waals surface area contributed by atoms with Crippen molar-refractivity contribution in [2.75, 3.05) is 44.9 Å². The van der Waals surface area contributed by atoms with Gasteiger partial charge in [0.1, 0.15) is 12.4 Å². The largest absolute Gasteiger partial charge is 0.491 e. The van der Waals surface area contributed by atoms with Crippen molar-refractivity contribution in [3.05, 3.63) is 24.3 Å². The third-order valence-corrected chi connectivity index (χ3v) is 7.02. The van der Waals surface area contributed by atoms with Crippen LogP contribution in [0, 0.1) is 16.2 Å². The second-order valence-electron chi connectivity index (χ2n) is 10.3. The molecule has 2 atom stereocenters. The van der Waals surface area contributed by atoms with E-state index in [1.165, 1.54) is 0 Å². The maximum Gasteiger partial charge on any atom is 0.407 e. The van der Waals surface area contributed by atoms with Crippen LogP contribution in [-0.2, 0) is 4.74 Å². The summed E-state index contributed by atoms with van der Waals surface area (Å²) < 4.78 is 10.7. The molecule has 0 aromatic heterocycles. The number of rotatable bonds is 5. The SMILES string of the molecule is COCCOc1ccc(N2C[C@]3(C(C)(C)C)CN(C(=O)O)C[C@@H]2C(C)(C)C3)cc1. The second-order valence-corrected chi connectivity index (χ2v) is 10.3. The minimum Gasteiger partial charge on any atom is -0.491 e. The lowest BCUT2D eigenvalue weighted by atomic mass is 9.56. The molecule has 162 valence electrons. The molecule has 3 heterocycles. The summed E-state index contributed by atoms with van der Waals surface area (Å²) in [6, 6.07) is 8.32. The quantitative estimate of drug-likeness (QED) is 0.740. The van der Waals surface area contributed by atoms with E-state index in [4.69, 9.17) is 9.47 Å². The summed E-state index contributed by atoms with van der Waals surface area (Å²) in [6.07, 6.45) is 0.206. The van der Waals surface area contributed by atoms with Gasteiger partial charge in [-0.1, -0.05) is 34.6 Å². The number of hydrogen-bond acceptors (Lipinski definition) is 4. The number of ether oxygens (including phenoxy) is 2. The van der Waals surface area contributed by atoms with Crippen LogP contribution in [0.15, 0.2) is 24.3 Å². The van der Waals surface area contributed by atoms with E-state index in [9.17, 15) is 9.90 Å². The van der Waals surface area contributed by atoms with Crippen LogP contribution in [-0.4, -0.2) is 62.1 Å². The van der Waals surface area contributed by atoms with Crippen molar-refractivity contribution in [1.29, 1.82) is 0 Å². The smallest absolute Gasteiger partial charge is 0.407 e. The van der Waals surface area contributed by atoms with E-state index in [1.807, 2.05) is 12.1 Å². The molecule has 6 heteroatoms. The van der Waals surface area contributed by atoms with Crippen molar-refractivity contribution >= 4 is 11.8 Å². The van der Waals surface area contributed by atoms with Gasteiger partial charge in [-0.05, 0) is 41.5 Å². The molecule has 2 bridgehead atoms. The van der Waals surface area contributed by atoms with Crippen LogP contribution in [0.1, 0.15) is 41.0 Å². The highest BCUT2D eigenvalue weighted by Crippen LogP contribution is 2.56. The number of carbonyl (C=O) groups is 1. The third-order valence-electron chi connectivity index (χ3n) is 7.02. The van der Waals surface area contributed by atoms with E-state index in [0.717, 1.165) is 24.4 Å². The van der Waals surface area contributed by atoms with Crippen molar-refractivity contribution < 1.29 is 19.4 Å². The summed E-state index contributed by atoms with van der Waals surface area (Å²) >= 11 is 0. The molecule has 3 fully saturated rings. The number of nitrogens with zero attached hydrogens (tertiary/aromatic N) is 2. The van der Waals surface area contributed by atoms with Crippen LogP contribution < -0.4 is 9.64 Å². The number of carboxylic acid groups (broad SMARTS) is 1. The van der Waals surface area contributed by atoms with Gasteiger partial charge in [0, 0.05) is 37.8 Å². The molecule has 3 saturated heterocycles. The average Bonchev–Trinajstić information content (AvgIpc) is 2.87. The summed E-state index contributed by atoms with van der Waals surface area (Å²) in [5, 5.41) is 9.85. The molecule has 3 aliphatic rings. The standard InChI is InChI=1S/C23H36N2O4/c1-21(2,3)23-14-22(4,5)19(13-24(15-23)20(26)27)25(16-23)17-7-9-18(10-8-17)29-12-11-28-6/h7-10,19H,11-16H2,1-6H3,(H,26,27)/t19-,23-/m1/s1.